The van der Waals surface area contributed by atoms with Crippen molar-refractivity contribution < 1.29 is 14.6 Å². The standard InChI is InChI=1S/C15H22N2O3/c1-10(17-15(18)19)7-8-20-14-4-2-3-11-5-6-12(16)9-13(11)14/h2-4,10,12,17H,5-9,16H2,1H3,(H,18,19)/t10?,12-/m1/s1. The Balaban J connectivity index is 1.92. The molecule has 1 aliphatic rings. The molecule has 4 N–H and O–H groups in total. The van der Waals surface area contributed by atoms with Gasteiger partial charge in [-0.05, 0) is 43.4 Å². The smallest absolute Gasteiger partial charge is 0.404 e. The third-order valence-corrected chi connectivity index (χ3v) is 3.66. The van der Waals surface area contributed by atoms with Crippen molar-refractivity contribution in [3.63, 3.8) is 0 Å². The van der Waals surface area contributed by atoms with E-state index in [4.69, 9.17) is 15.6 Å². The molecule has 5 nitrogen and oxygen atoms in total. The Bertz CT molecular complexity index is 476. The minimum Gasteiger partial charge on any atom is -0.493 e. The minimum absolute atomic E-state index is 0.116. The van der Waals surface area contributed by atoms with E-state index in [9.17, 15) is 4.79 Å². The molecular weight excluding hydrogens is 256 g/mol. The van der Waals surface area contributed by atoms with Gasteiger partial charge in [-0.15, -0.1) is 0 Å². The van der Waals surface area contributed by atoms with Gasteiger partial charge in [0, 0.05) is 18.5 Å². The van der Waals surface area contributed by atoms with Crippen LogP contribution in [0.1, 0.15) is 30.9 Å². The number of carboxylic acid groups (broad SMARTS) is 1. The van der Waals surface area contributed by atoms with Crippen molar-refractivity contribution in [3.8, 4) is 5.75 Å². The molecule has 5 heteroatoms. The van der Waals surface area contributed by atoms with Gasteiger partial charge >= 0.3 is 6.09 Å². The Morgan fingerprint density at radius 3 is 3.15 bits per heavy atom. The Morgan fingerprint density at radius 2 is 2.40 bits per heavy atom. The van der Waals surface area contributed by atoms with Crippen LogP contribution >= 0.6 is 0 Å². The Morgan fingerprint density at radius 1 is 1.60 bits per heavy atom. The molecule has 2 atom stereocenters. The fourth-order valence-electron chi connectivity index (χ4n) is 2.55. The van der Waals surface area contributed by atoms with E-state index in [0.29, 0.717) is 13.0 Å². The molecule has 0 aromatic heterocycles. The second-order valence-electron chi connectivity index (χ2n) is 5.38. The normalized spacial score (nSPS) is 19.0. The number of benzene rings is 1. The van der Waals surface area contributed by atoms with Crippen LogP contribution in [0.3, 0.4) is 0 Å². The van der Waals surface area contributed by atoms with Crippen LogP contribution in [0.2, 0.25) is 0 Å². The third kappa shape index (κ3) is 3.87. The quantitative estimate of drug-likeness (QED) is 0.768. The van der Waals surface area contributed by atoms with Crippen molar-refractivity contribution in [2.24, 2.45) is 5.73 Å². The highest BCUT2D eigenvalue weighted by Gasteiger charge is 2.19. The third-order valence-electron chi connectivity index (χ3n) is 3.66. The number of nitrogens with one attached hydrogen (secondary N) is 1. The SMILES string of the molecule is CC(CCOc1cccc2c1C[C@H](N)CC2)NC(=O)O. The maximum absolute atomic E-state index is 10.5. The number of hydrogen-bond donors (Lipinski definition) is 3. The summed E-state index contributed by atoms with van der Waals surface area (Å²) in [5.74, 6) is 0.889. The maximum Gasteiger partial charge on any atom is 0.404 e. The summed E-state index contributed by atoms with van der Waals surface area (Å²) >= 11 is 0. The van der Waals surface area contributed by atoms with E-state index in [1.165, 1.54) is 11.1 Å². The van der Waals surface area contributed by atoms with Gasteiger partial charge in [-0.25, -0.2) is 4.79 Å². The van der Waals surface area contributed by atoms with Crippen molar-refractivity contribution in [2.75, 3.05) is 6.61 Å². The van der Waals surface area contributed by atoms with Gasteiger partial charge in [-0.2, -0.15) is 0 Å². The lowest BCUT2D eigenvalue weighted by atomic mass is 9.88. The summed E-state index contributed by atoms with van der Waals surface area (Å²) in [7, 11) is 0. The summed E-state index contributed by atoms with van der Waals surface area (Å²) in [4.78, 5) is 10.5. The van der Waals surface area contributed by atoms with E-state index in [0.717, 1.165) is 25.0 Å². The summed E-state index contributed by atoms with van der Waals surface area (Å²) < 4.78 is 5.82. The van der Waals surface area contributed by atoms with Gasteiger partial charge in [-0.3, -0.25) is 0 Å². The lowest BCUT2D eigenvalue weighted by molar-refractivity contribution is 0.188. The monoisotopic (exact) mass is 278 g/mol. The molecule has 0 radical (unpaired) electrons. The maximum atomic E-state index is 10.5. The molecule has 1 aromatic rings. The van der Waals surface area contributed by atoms with Crippen LogP contribution in [0.4, 0.5) is 4.79 Å². The molecule has 110 valence electrons. The van der Waals surface area contributed by atoms with Gasteiger partial charge in [0.25, 0.3) is 0 Å². The zero-order valence-electron chi connectivity index (χ0n) is 11.8. The average molecular weight is 278 g/mol. The molecule has 1 aromatic carbocycles. The van der Waals surface area contributed by atoms with Crippen molar-refractivity contribution in [2.45, 2.75) is 44.7 Å². The summed E-state index contributed by atoms with van der Waals surface area (Å²) in [5.41, 5.74) is 8.55. The first-order chi connectivity index (χ1) is 9.56. The van der Waals surface area contributed by atoms with E-state index in [-0.39, 0.29) is 12.1 Å². The first-order valence-electron chi connectivity index (χ1n) is 7.05. The Kier molecular flexibility index (Phi) is 4.84. The first kappa shape index (κ1) is 14.7. The van der Waals surface area contributed by atoms with Crippen LogP contribution in [0.5, 0.6) is 5.75 Å². The number of rotatable bonds is 5. The van der Waals surface area contributed by atoms with E-state index in [1.54, 1.807) is 0 Å². The zero-order chi connectivity index (χ0) is 14.5. The van der Waals surface area contributed by atoms with Crippen LogP contribution in [-0.4, -0.2) is 29.9 Å². The molecule has 20 heavy (non-hydrogen) atoms. The fourth-order valence-corrected chi connectivity index (χ4v) is 2.55. The van der Waals surface area contributed by atoms with E-state index in [2.05, 4.69) is 11.4 Å². The molecular formula is C15H22N2O3. The molecule has 0 spiro atoms. The Hall–Kier alpha value is -1.75. The fraction of sp³-hybridized carbons (Fsp3) is 0.533. The summed E-state index contributed by atoms with van der Waals surface area (Å²) in [6.07, 6.45) is 2.53. The number of amides is 1. The van der Waals surface area contributed by atoms with E-state index in [1.807, 2.05) is 19.1 Å². The van der Waals surface area contributed by atoms with Crippen LogP contribution in [0.15, 0.2) is 18.2 Å². The molecule has 1 aliphatic carbocycles. The molecule has 0 saturated carbocycles. The highest BCUT2D eigenvalue weighted by atomic mass is 16.5. The van der Waals surface area contributed by atoms with Crippen LogP contribution in [0, 0.1) is 0 Å². The predicted octanol–water partition coefficient (Wildman–Crippen LogP) is 1.93. The van der Waals surface area contributed by atoms with Crippen LogP contribution < -0.4 is 15.8 Å². The van der Waals surface area contributed by atoms with E-state index < -0.39 is 6.09 Å². The molecule has 0 aliphatic heterocycles. The topological polar surface area (TPSA) is 84.6 Å². The lowest BCUT2D eigenvalue weighted by Gasteiger charge is -2.24. The van der Waals surface area contributed by atoms with Crippen molar-refractivity contribution >= 4 is 6.09 Å². The first-order valence-corrected chi connectivity index (χ1v) is 7.05. The number of nitrogens with two attached hydrogens (primary N) is 1. The van der Waals surface area contributed by atoms with Gasteiger partial charge < -0.3 is 20.9 Å². The Labute approximate surface area is 119 Å². The number of fused-ring (bicyclic) bond motifs is 1. The molecule has 2 rings (SSSR count). The van der Waals surface area contributed by atoms with Gasteiger partial charge in [0.05, 0.1) is 6.61 Å². The molecule has 0 bridgehead atoms. The number of carbonyl (C=O) groups is 1. The van der Waals surface area contributed by atoms with Crippen molar-refractivity contribution in [1.82, 2.24) is 5.32 Å². The van der Waals surface area contributed by atoms with Gasteiger partial charge in [0.1, 0.15) is 5.75 Å². The minimum atomic E-state index is -0.999. The average Bonchev–Trinajstić information content (AvgIpc) is 2.38. The number of ether oxygens (including phenoxy) is 1. The van der Waals surface area contributed by atoms with E-state index >= 15 is 0 Å². The van der Waals surface area contributed by atoms with Crippen molar-refractivity contribution in [1.29, 1.82) is 0 Å². The zero-order valence-corrected chi connectivity index (χ0v) is 11.8. The lowest BCUT2D eigenvalue weighted by Crippen LogP contribution is -2.32. The second kappa shape index (κ2) is 6.61. The van der Waals surface area contributed by atoms with Gasteiger partial charge in [-0.1, -0.05) is 12.1 Å². The summed E-state index contributed by atoms with van der Waals surface area (Å²) in [5, 5.41) is 11.0. The predicted molar refractivity (Wildman–Crippen MR) is 77.2 cm³/mol. The second-order valence-corrected chi connectivity index (χ2v) is 5.38. The van der Waals surface area contributed by atoms with Crippen LogP contribution in [-0.2, 0) is 12.8 Å². The summed E-state index contributed by atoms with van der Waals surface area (Å²) in [6.45, 7) is 2.32. The number of hydrogen-bond acceptors (Lipinski definition) is 3. The molecule has 0 fully saturated rings. The molecule has 0 saturated heterocycles. The van der Waals surface area contributed by atoms with Gasteiger partial charge in [0.2, 0.25) is 0 Å². The largest absolute Gasteiger partial charge is 0.493 e. The van der Waals surface area contributed by atoms with Crippen molar-refractivity contribution in [3.05, 3.63) is 29.3 Å². The number of aryl methyl sites for hydroxylation is 1. The molecule has 1 unspecified atom stereocenters. The summed E-state index contributed by atoms with van der Waals surface area (Å²) in [6, 6.07) is 6.19. The highest BCUT2D eigenvalue weighted by molar-refractivity contribution is 5.64. The highest BCUT2D eigenvalue weighted by Crippen LogP contribution is 2.29. The molecule has 0 heterocycles. The molecule has 1 amide bonds. The van der Waals surface area contributed by atoms with Crippen LogP contribution in [0.25, 0.3) is 0 Å². The van der Waals surface area contributed by atoms with Gasteiger partial charge in [0.15, 0.2) is 0 Å².